The van der Waals surface area contributed by atoms with Gasteiger partial charge in [0.2, 0.25) is 5.78 Å². The number of aromatic hydroxyl groups is 1. The van der Waals surface area contributed by atoms with Gasteiger partial charge in [0.05, 0.1) is 11.1 Å². The molecule has 1 N–H and O–H groups in total. The molecule has 4 rings (SSSR count). The molecule has 0 aliphatic carbocycles. The molecular formula is C25H31N3O3. The predicted molar refractivity (Wildman–Crippen MR) is 124 cm³/mol. The second-order valence-corrected chi connectivity index (χ2v) is 8.53. The van der Waals surface area contributed by atoms with E-state index < -0.39 is 0 Å². The number of fused-ring (bicyclic) bond motifs is 1. The minimum atomic E-state index is -0.124. The van der Waals surface area contributed by atoms with Crippen LogP contribution in [0.15, 0.2) is 36.1 Å². The zero-order chi connectivity index (χ0) is 22.1. The van der Waals surface area contributed by atoms with Gasteiger partial charge in [-0.2, -0.15) is 0 Å². The number of carbonyl (C=O) groups excluding carboxylic acids is 1. The third kappa shape index (κ3) is 4.31. The van der Waals surface area contributed by atoms with E-state index in [-0.39, 0.29) is 11.5 Å². The maximum atomic E-state index is 13.1. The number of piperazine rings is 1. The molecule has 2 aliphatic heterocycles. The lowest BCUT2D eigenvalue weighted by molar-refractivity contribution is 0.101. The summed E-state index contributed by atoms with van der Waals surface area (Å²) in [6.45, 7) is 9.55. The van der Waals surface area contributed by atoms with Crippen LogP contribution in [0.3, 0.4) is 0 Å². The van der Waals surface area contributed by atoms with Crippen LogP contribution in [0.2, 0.25) is 0 Å². The molecule has 6 nitrogen and oxygen atoms in total. The van der Waals surface area contributed by atoms with E-state index >= 15 is 0 Å². The fourth-order valence-electron chi connectivity index (χ4n) is 4.24. The molecule has 2 aromatic carbocycles. The lowest BCUT2D eigenvalue weighted by Crippen LogP contribution is -2.45. The minimum Gasteiger partial charge on any atom is -0.507 e. The summed E-state index contributed by atoms with van der Waals surface area (Å²) < 4.78 is 6.08. The van der Waals surface area contributed by atoms with Crippen molar-refractivity contribution in [2.45, 2.75) is 20.4 Å². The molecule has 31 heavy (non-hydrogen) atoms. The first-order valence-corrected chi connectivity index (χ1v) is 10.9. The topological polar surface area (TPSA) is 56.2 Å². The smallest absolute Gasteiger partial charge is 0.232 e. The molecule has 0 radical (unpaired) electrons. The van der Waals surface area contributed by atoms with Gasteiger partial charge in [0.25, 0.3) is 0 Å². The summed E-state index contributed by atoms with van der Waals surface area (Å²) in [5, 5.41) is 10.7. The number of phenols is 1. The lowest BCUT2D eigenvalue weighted by Gasteiger charge is -2.34. The second-order valence-electron chi connectivity index (χ2n) is 8.53. The van der Waals surface area contributed by atoms with E-state index in [1.165, 1.54) is 0 Å². The fourth-order valence-corrected chi connectivity index (χ4v) is 4.24. The van der Waals surface area contributed by atoms with Crippen LogP contribution in [0.1, 0.15) is 34.0 Å². The average molecular weight is 422 g/mol. The third-order valence-corrected chi connectivity index (χ3v) is 6.22. The number of hydrogen-bond donors (Lipinski definition) is 1. The van der Waals surface area contributed by atoms with Crippen molar-refractivity contribution in [3.8, 4) is 11.5 Å². The molecule has 2 heterocycles. The van der Waals surface area contributed by atoms with Crippen molar-refractivity contribution in [1.29, 1.82) is 0 Å². The lowest BCUT2D eigenvalue weighted by atomic mass is 9.99. The molecular weight excluding hydrogens is 390 g/mol. The van der Waals surface area contributed by atoms with Crippen LogP contribution in [0.5, 0.6) is 11.5 Å². The number of Topliss-reactive ketones (excluding diaryl/α,β-unsaturated/α-hetero) is 1. The van der Waals surface area contributed by atoms with E-state index in [0.29, 0.717) is 29.2 Å². The van der Waals surface area contributed by atoms with Crippen molar-refractivity contribution in [3.63, 3.8) is 0 Å². The maximum Gasteiger partial charge on any atom is 0.232 e. The van der Waals surface area contributed by atoms with Gasteiger partial charge in [0.15, 0.2) is 5.76 Å². The molecule has 0 aromatic heterocycles. The summed E-state index contributed by atoms with van der Waals surface area (Å²) >= 11 is 0. The van der Waals surface area contributed by atoms with E-state index in [2.05, 4.69) is 16.7 Å². The highest BCUT2D eigenvalue weighted by Crippen LogP contribution is 2.42. The standard InChI is InChI=1S/C25H31N3O3/c1-5-27-10-12-28(13-11-27)16-20-21(29)14-17(2)23-24(30)22(31-25(20)23)15-18-6-8-19(9-7-18)26(3)4/h6-9,14-15,29H,5,10-13,16H2,1-4H3/b22-15-. The van der Waals surface area contributed by atoms with E-state index in [1.54, 1.807) is 12.1 Å². The number of aryl methyl sites for hydroxylation is 1. The number of likely N-dealkylation sites (N-methyl/N-ethyl adjacent to an activating group) is 1. The SMILES string of the molecule is CCN1CCN(Cc2c(O)cc(C)c3c2O/C(=C\c2ccc(N(C)C)cc2)C3=O)CC1. The molecule has 164 valence electrons. The van der Waals surface area contributed by atoms with Crippen LogP contribution in [0, 0.1) is 6.92 Å². The molecule has 1 fully saturated rings. The first-order valence-electron chi connectivity index (χ1n) is 10.9. The Labute approximate surface area is 184 Å². The molecule has 0 spiro atoms. The summed E-state index contributed by atoms with van der Waals surface area (Å²) in [7, 11) is 3.99. The highest BCUT2D eigenvalue weighted by molar-refractivity contribution is 6.15. The first-order chi connectivity index (χ1) is 14.9. The van der Waals surface area contributed by atoms with Gasteiger partial charge in [-0.3, -0.25) is 9.69 Å². The Balaban J connectivity index is 1.60. The monoisotopic (exact) mass is 421 g/mol. The van der Waals surface area contributed by atoms with Crippen molar-refractivity contribution in [3.05, 3.63) is 58.3 Å². The minimum absolute atomic E-state index is 0.124. The van der Waals surface area contributed by atoms with Crippen molar-refractivity contribution in [2.75, 3.05) is 51.7 Å². The summed E-state index contributed by atoms with van der Waals surface area (Å²) in [6, 6.07) is 9.65. The molecule has 0 saturated carbocycles. The number of nitrogens with zero attached hydrogens (tertiary/aromatic N) is 3. The second kappa shape index (κ2) is 8.73. The van der Waals surface area contributed by atoms with Gasteiger partial charge >= 0.3 is 0 Å². The number of allylic oxidation sites excluding steroid dienone is 1. The third-order valence-electron chi connectivity index (χ3n) is 6.22. The van der Waals surface area contributed by atoms with E-state index in [9.17, 15) is 9.90 Å². The van der Waals surface area contributed by atoms with E-state index in [4.69, 9.17) is 4.74 Å². The van der Waals surface area contributed by atoms with Crippen LogP contribution < -0.4 is 9.64 Å². The van der Waals surface area contributed by atoms with Crippen molar-refractivity contribution < 1.29 is 14.6 Å². The van der Waals surface area contributed by atoms with E-state index in [1.807, 2.05) is 50.2 Å². The average Bonchev–Trinajstić information content (AvgIpc) is 3.08. The number of ketones is 1. The Morgan fingerprint density at radius 1 is 1.10 bits per heavy atom. The molecule has 6 heteroatoms. The molecule has 2 aliphatic rings. The Morgan fingerprint density at radius 3 is 2.35 bits per heavy atom. The normalized spacial score (nSPS) is 18.3. The van der Waals surface area contributed by atoms with Crippen LogP contribution in [-0.4, -0.2) is 67.5 Å². The Hall–Kier alpha value is -2.83. The quantitative estimate of drug-likeness (QED) is 0.746. The first kappa shape index (κ1) is 21.4. The van der Waals surface area contributed by atoms with Crippen LogP contribution in [0.25, 0.3) is 6.08 Å². The number of ether oxygens (including phenoxy) is 1. The van der Waals surface area contributed by atoms with Gasteiger partial charge < -0.3 is 19.6 Å². The van der Waals surface area contributed by atoms with Crippen molar-refractivity contribution in [2.24, 2.45) is 0 Å². The number of carbonyl (C=O) groups is 1. The molecule has 0 unspecified atom stereocenters. The fraction of sp³-hybridized carbons (Fsp3) is 0.400. The molecule has 1 saturated heterocycles. The summed E-state index contributed by atoms with van der Waals surface area (Å²) in [6.07, 6.45) is 1.78. The van der Waals surface area contributed by atoms with Gasteiger partial charge in [0, 0.05) is 52.5 Å². The van der Waals surface area contributed by atoms with E-state index in [0.717, 1.165) is 49.5 Å². The highest BCUT2D eigenvalue weighted by Gasteiger charge is 2.34. The molecule has 0 bridgehead atoms. The summed E-state index contributed by atoms with van der Waals surface area (Å²) in [5.74, 6) is 0.884. The van der Waals surface area contributed by atoms with Gasteiger partial charge in [-0.05, 0) is 48.9 Å². The zero-order valence-corrected chi connectivity index (χ0v) is 18.8. The zero-order valence-electron chi connectivity index (χ0n) is 18.8. The highest BCUT2D eigenvalue weighted by atomic mass is 16.5. The molecule has 0 amide bonds. The van der Waals surface area contributed by atoms with Crippen molar-refractivity contribution in [1.82, 2.24) is 9.80 Å². The largest absolute Gasteiger partial charge is 0.507 e. The van der Waals surface area contributed by atoms with Crippen LogP contribution >= 0.6 is 0 Å². The predicted octanol–water partition coefficient (Wildman–Crippen LogP) is 3.52. The summed E-state index contributed by atoms with van der Waals surface area (Å²) in [4.78, 5) is 19.9. The number of anilines is 1. The number of phenolic OH excluding ortho intramolecular Hbond substituents is 1. The van der Waals surface area contributed by atoms with Crippen molar-refractivity contribution >= 4 is 17.5 Å². The van der Waals surface area contributed by atoms with Crippen LogP contribution in [-0.2, 0) is 6.54 Å². The van der Waals surface area contributed by atoms with Gasteiger partial charge in [-0.1, -0.05) is 19.1 Å². The molecule has 2 aromatic rings. The Bertz CT molecular complexity index is 1000. The van der Waals surface area contributed by atoms with Crippen LogP contribution in [0.4, 0.5) is 5.69 Å². The Kier molecular flexibility index (Phi) is 6.03. The Morgan fingerprint density at radius 2 is 1.74 bits per heavy atom. The number of rotatable bonds is 5. The number of benzene rings is 2. The number of hydrogen-bond acceptors (Lipinski definition) is 6. The van der Waals surface area contributed by atoms with Gasteiger partial charge in [-0.25, -0.2) is 0 Å². The van der Waals surface area contributed by atoms with Gasteiger partial charge in [0.1, 0.15) is 11.5 Å². The van der Waals surface area contributed by atoms with Gasteiger partial charge in [-0.15, -0.1) is 0 Å². The molecule has 0 atom stereocenters. The summed E-state index contributed by atoms with van der Waals surface area (Å²) in [5.41, 5.74) is 4.00. The maximum absolute atomic E-state index is 13.1.